The highest BCUT2D eigenvalue weighted by Crippen LogP contribution is 2.40. The molecule has 0 saturated carbocycles. The lowest BCUT2D eigenvalue weighted by Crippen LogP contribution is -2.06. The molecule has 2 fully saturated rings. The maximum atomic E-state index is 5.12. The lowest BCUT2D eigenvalue weighted by atomic mass is 10.0. The maximum absolute atomic E-state index is 5.12. The molecule has 2 atom stereocenters. The van der Waals surface area contributed by atoms with Gasteiger partial charge in [-0.1, -0.05) is 39.0 Å². The molecule has 1 N–H and O–H groups in total. The topological polar surface area (TPSA) is 24.6 Å². The van der Waals surface area contributed by atoms with Gasteiger partial charge in [0.25, 0.3) is 0 Å². The molecule has 3 aliphatic heterocycles. The van der Waals surface area contributed by atoms with Crippen LogP contribution in [-0.2, 0) is 4.74 Å². The summed E-state index contributed by atoms with van der Waals surface area (Å²) in [4.78, 5) is 0. The molecule has 0 aromatic carbocycles. The Morgan fingerprint density at radius 1 is 1.37 bits per heavy atom. The van der Waals surface area contributed by atoms with Gasteiger partial charge in [-0.3, -0.25) is 0 Å². The van der Waals surface area contributed by atoms with Gasteiger partial charge in [0.05, 0.1) is 12.7 Å². The third-order valence-electron chi connectivity index (χ3n) is 3.95. The van der Waals surface area contributed by atoms with E-state index in [1.807, 2.05) is 24.4 Å². The van der Waals surface area contributed by atoms with Crippen molar-refractivity contribution in [3.8, 4) is 0 Å². The van der Waals surface area contributed by atoms with Crippen molar-refractivity contribution in [1.82, 2.24) is 5.32 Å². The number of ether oxygens (including phenoxy) is 1. The molecule has 0 aliphatic carbocycles. The van der Waals surface area contributed by atoms with Crippen molar-refractivity contribution in [2.24, 2.45) is 5.92 Å². The number of hydrogen-bond donors (Lipinski definition) is 1. The second-order valence-electron chi connectivity index (χ2n) is 6.75. The van der Waals surface area contributed by atoms with Gasteiger partial charge < -0.3 is 10.1 Å². The van der Waals surface area contributed by atoms with Crippen LogP contribution in [0.3, 0.4) is 0 Å². The average Bonchev–Trinajstić information content (AvgIpc) is 3.12. The predicted molar refractivity (Wildman–Crippen MR) is 85.0 cm³/mol. The quantitative estimate of drug-likeness (QED) is 0.619. The molecule has 2 nitrogen and oxygen atoms in total. The Labute approximate surface area is 119 Å². The van der Waals surface area contributed by atoms with E-state index in [1.165, 1.54) is 12.1 Å². The molecular formula is C16H27NOSi. The first kappa shape index (κ1) is 14.6. The maximum Gasteiger partial charge on any atom is 0.0864 e. The highest BCUT2D eigenvalue weighted by Gasteiger charge is 2.28. The van der Waals surface area contributed by atoms with Crippen LogP contribution in [-0.4, -0.2) is 22.2 Å². The van der Waals surface area contributed by atoms with Gasteiger partial charge in [0.15, 0.2) is 0 Å². The minimum atomic E-state index is 0.324. The number of hydrogen-bond acceptors (Lipinski definition) is 2. The molecule has 3 aliphatic rings. The van der Waals surface area contributed by atoms with Crippen molar-refractivity contribution in [3.63, 3.8) is 0 Å². The Morgan fingerprint density at radius 2 is 2.16 bits per heavy atom. The summed E-state index contributed by atoms with van der Waals surface area (Å²) >= 11 is 0. The van der Waals surface area contributed by atoms with Crippen molar-refractivity contribution in [3.05, 3.63) is 36.2 Å². The Balaban J connectivity index is 0.000000148. The molecule has 2 unspecified atom stereocenters. The minimum absolute atomic E-state index is 0.324. The first-order chi connectivity index (χ1) is 9.05. The van der Waals surface area contributed by atoms with Crippen molar-refractivity contribution < 1.29 is 4.74 Å². The average molecular weight is 277 g/mol. The molecule has 0 bridgehead atoms. The summed E-state index contributed by atoms with van der Waals surface area (Å²) in [6.45, 7) is 8.18. The fourth-order valence-corrected chi connectivity index (χ4v) is 5.01. The van der Waals surface area contributed by atoms with Crippen molar-refractivity contribution >= 4 is 9.52 Å². The van der Waals surface area contributed by atoms with Crippen LogP contribution in [0.4, 0.5) is 0 Å². The van der Waals surface area contributed by atoms with Gasteiger partial charge in [0, 0.05) is 27.8 Å². The van der Waals surface area contributed by atoms with Gasteiger partial charge in [-0.25, -0.2) is 0 Å². The van der Waals surface area contributed by atoms with Crippen LogP contribution < -0.4 is 5.32 Å². The van der Waals surface area contributed by atoms with Crippen molar-refractivity contribution in [2.45, 2.75) is 50.8 Å². The zero-order valence-electron chi connectivity index (χ0n) is 12.5. The predicted octanol–water partition coefficient (Wildman–Crippen LogP) is 3.14. The van der Waals surface area contributed by atoms with Gasteiger partial charge in [0.1, 0.15) is 0 Å². The normalized spacial score (nSPS) is 32.1. The second-order valence-corrected chi connectivity index (χ2v) is 9.74. The van der Waals surface area contributed by atoms with E-state index in [0.29, 0.717) is 15.6 Å². The molecule has 0 radical (unpaired) electrons. The molecule has 0 aromatic rings. The molecule has 3 rings (SSSR count). The van der Waals surface area contributed by atoms with E-state index in [9.17, 15) is 0 Å². The molecule has 3 heteroatoms. The molecular weight excluding hydrogens is 250 g/mol. The van der Waals surface area contributed by atoms with Crippen LogP contribution in [0.25, 0.3) is 0 Å². The van der Waals surface area contributed by atoms with Gasteiger partial charge in [-0.05, 0) is 29.5 Å². The summed E-state index contributed by atoms with van der Waals surface area (Å²) in [5, 5.41) is 4.00. The molecule has 3 heterocycles. The van der Waals surface area contributed by atoms with E-state index < -0.39 is 0 Å². The van der Waals surface area contributed by atoms with Crippen LogP contribution in [0.2, 0.25) is 11.1 Å². The minimum Gasteiger partial charge on any atom is -0.373 e. The number of allylic oxidation sites excluding steroid dienone is 4. The Kier molecular flexibility index (Phi) is 5.05. The fourth-order valence-electron chi connectivity index (χ4n) is 2.84. The van der Waals surface area contributed by atoms with E-state index in [-0.39, 0.29) is 0 Å². The molecule has 0 amide bonds. The summed E-state index contributed by atoms with van der Waals surface area (Å²) in [5.74, 6) is 1.05. The van der Waals surface area contributed by atoms with E-state index >= 15 is 0 Å². The van der Waals surface area contributed by atoms with Crippen LogP contribution >= 0.6 is 0 Å². The molecule has 19 heavy (non-hydrogen) atoms. The SMILES string of the molecule is C1=CC=C(CC2CO2)NC=C1.CC1C[SiH2]C(C)(C)C1. The summed E-state index contributed by atoms with van der Waals surface area (Å²) < 4.78 is 5.12. The van der Waals surface area contributed by atoms with Crippen LogP contribution in [0, 0.1) is 5.92 Å². The summed E-state index contributed by atoms with van der Waals surface area (Å²) in [5.41, 5.74) is 1.23. The van der Waals surface area contributed by atoms with E-state index in [0.717, 1.165) is 24.0 Å². The second kappa shape index (κ2) is 6.57. The van der Waals surface area contributed by atoms with E-state index in [2.05, 4.69) is 32.2 Å². The smallest absolute Gasteiger partial charge is 0.0864 e. The summed E-state index contributed by atoms with van der Waals surface area (Å²) in [7, 11) is 0.324. The summed E-state index contributed by atoms with van der Waals surface area (Å²) in [6.07, 6.45) is 13.0. The molecule has 106 valence electrons. The lowest BCUT2D eigenvalue weighted by molar-refractivity contribution is 0.405. The van der Waals surface area contributed by atoms with Crippen molar-refractivity contribution in [1.29, 1.82) is 0 Å². The third kappa shape index (κ3) is 5.79. The number of rotatable bonds is 2. The number of epoxide rings is 1. The Morgan fingerprint density at radius 3 is 2.68 bits per heavy atom. The monoisotopic (exact) mass is 277 g/mol. The molecule has 0 spiro atoms. The van der Waals surface area contributed by atoms with Crippen LogP contribution in [0.1, 0.15) is 33.6 Å². The van der Waals surface area contributed by atoms with Crippen LogP contribution in [0.15, 0.2) is 36.2 Å². The highest BCUT2D eigenvalue weighted by molar-refractivity contribution is 6.40. The lowest BCUT2D eigenvalue weighted by Gasteiger charge is -2.14. The standard InChI is InChI=1S/C9H11NO.C7H16Si/c1-2-4-8(10-5-3-1)6-9-7-11-9;1-6-4-7(2,3)8-5-6/h1-5,9-10H,6-7H2;6H,4-5,8H2,1-3H3. The first-order valence-electron chi connectivity index (χ1n) is 7.46. The Hall–Kier alpha value is -0.803. The largest absolute Gasteiger partial charge is 0.373 e. The van der Waals surface area contributed by atoms with Gasteiger partial charge in [0.2, 0.25) is 0 Å². The van der Waals surface area contributed by atoms with E-state index in [4.69, 9.17) is 4.74 Å². The van der Waals surface area contributed by atoms with Gasteiger partial charge in [-0.15, -0.1) is 0 Å². The van der Waals surface area contributed by atoms with Gasteiger partial charge in [-0.2, -0.15) is 0 Å². The molecule has 0 aromatic heterocycles. The zero-order chi connectivity index (χ0) is 13.7. The summed E-state index contributed by atoms with van der Waals surface area (Å²) in [6, 6.07) is 1.59. The fraction of sp³-hybridized carbons (Fsp3) is 0.625. The zero-order valence-corrected chi connectivity index (χ0v) is 13.9. The van der Waals surface area contributed by atoms with Gasteiger partial charge >= 0.3 is 0 Å². The Bertz CT molecular complexity index is 380. The molecule has 2 saturated heterocycles. The highest BCUT2D eigenvalue weighted by atomic mass is 28.2. The van der Waals surface area contributed by atoms with Crippen LogP contribution in [0.5, 0.6) is 0 Å². The van der Waals surface area contributed by atoms with Crippen molar-refractivity contribution in [2.75, 3.05) is 6.61 Å². The number of nitrogens with one attached hydrogen (secondary N) is 1. The third-order valence-corrected chi connectivity index (χ3v) is 6.87. The van der Waals surface area contributed by atoms with E-state index in [1.54, 1.807) is 6.04 Å². The first-order valence-corrected chi connectivity index (χ1v) is 9.16.